The highest BCUT2D eigenvalue weighted by Gasteiger charge is 2.12. The number of carbonyl (C=O) groups excluding carboxylic acids is 2. The van der Waals surface area contributed by atoms with Crippen LogP contribution in [0.1, 0.15) is 22.8 Å². The quantitative estimate of drug-likeness (QED) is 0.511. The van der Waals surface area contributed by atoms with Gasteiger partial charge in [-0.05, 0) is 29.8 Å². The lowest BCUT2D eigenvalue weighted by Gasteiger charge is -2.21. The zero-order valence-corrected chi connectivity index (χ0v) is 11.7. The Balaban J connectivity index is 2.18. The first-order valence-electron chi connectivity index (χ1n) is 6.55. The van der Waals surface area contributed by atoms with Gasteiger partial charge in [0.15, 0.2) is 0 Å². The number of anilines is 1. The van der Waals surface area contributed by atoms with Crippen molar-refractivity contribution in [3.8, 4) is 0 Å². The van der Waals surface area contributed by atoms with Gasteiger partial charge in [-0.2, -0.15) is 0 Å². The van der Waals surface area contributed by atoms with Crippen LogP contribution < -0.4 is 16.2 Å². The first-order chi connectivity index (χ1) is 10.1. The number of rotatable bonds is 4. The zero-order valence-electron chi connectivity index (χ0n) is 11.7. The second-order valence-corrected chi connectivity index (χ2v) is 4.61. The number of nitrogens with two attached hydrogens (primary N) is 1. The summed E-state index contributed by atoms with van der Waals surface area (Å²) in [6.07, 6.45) is 0. The minimum Gasteiger partial charge on any atom is -0.308 e. The van der Waals surface area contributed by atoms with E-state index in [4.69, 9.17) is 5.84 Å². The van der Waals surface area contributed by atoms with Gasteiger partial charge in [0, 0.05) is 18.2 Å². The van der Waals surface area contributed by atoms with Gasteiger partial charge in [-0.3, -0.25) is 15.0 Å². The molecular formula is C16H17N3O2. The van der Waals surface area contributed by atoms with Crippen LogP contribution in [0.25, 0.3) is 0 Å². The molecule has 0 saturated heterocycles. The molecule has 2 amide bonds. The molecule has 0 aromatic heterocycles. The summed E-state index contributed by atoms with van der Waals surface area (Å²) in [4.78, 5) is 24.9. The van der Waals surface area contributed by atoms with Crippen LogP contribution in [0.4, 0.5) is 5.69 Å². The molecule has 5 heteroatoms. The Kier molecular flexibility index (Phi) is 4.68. The van der Waals surface area contributed by atoms with Gasteiger partial charge < -0.3 is 4.90 Å². The first-order valence-corrected chi connectivity index (χ1v) is 6.55. The van der Waals surface area contributed by atoms with Crippen LogP contribution in [0.5, 0.6) is 0 Å². The molecule has 108 valence electrons. The second kappa shape index (κ2) is 6.67. The predicted molar refractivity (Wildman–Crippen MR) is 81.4 cm³/mol. The molecule has 0 unspecified atom stereocenters. The monoisotopic (exact) mass is 283 g/mol. The number of benzene rings is 2. The number of nitrogens with one attached hydrogen (secondary N) is 1. The van der Waals surface area contributed by atoms with Crippen LogP contribution in [-0.4, -0.2) is 11.8 Å². The summed E-state index contributed by atoms with van der Waals surface area (Å²) in [7, 11) is 0. The number of hydrogen-bond acceptors (Lipinski definition) is 3. The maximum atomic E-state index is 11.8. The molecule has 0 fully saturated rings. The highest BCUT2D eigenvalue weighted by molar-refractivity contribution is 5.94. The Morgan fingerprint density at radius 1 is 1.05 bits per heavy atom. The lowest BCUT2D eigenvalue weighted by molar-refractivity contribution is -0.116. The van der Waals surface area contributed by atoms with Crippen molar-refractivity contribution in [1.29, 1.82) is 0 Å². The SMILES string of the molecule is CC(=O)N(Cc1ccc(C(=O)NN)cc1)c1ccccc1. The molecule has 0 aliphatic rings. The molecule has 0 aliphatic heterocycles. The fourth-order valence-corrected chi connectivity index (χ4v) is 2.02. The minimum absolute atomic E-state index is 0.0371. The topological polar surface area (TPSA) is 75.4 Å². The molecule has 3 N–H and O–H groups in total. The van der Waals surface area contributed by atoms with Crippen LogP contribution in [0, 0.1) is 0 Å². The number of hydrazine groups is 1. The normalized spacial score (nSPS) is 10.0. The van der Waals surface area contributed by atoms with E-state index in [2.05, 4.69) is 5.43 Å². The number of para-hydroxylation sites is 1. The number of amides is 2. The molecule has 0 bridgehead atoms. The predicted octanol–water partition coefficient (Wildman–Crippen LogP) is 1.84. The van der Waals surface area contributed by atoms with E-state index in [-0.39, 0.29) is 11.8 Å². The van der Waals surface area contributed by atoms with Crippen LogP contribution in [0.15, 0.2) is 54.6 Å². The van der Waals surface area contributed by atoms with E-state index < -0.39 is 0 Å². The third kappa shape index (κ3) is 3.67. The molecule has 0 heterocycles. The van der Waals surface area contributed by atoms with Gasteiger partial charge in [-0.25, -0.2) is 5.84 Å². The summed E-state index contributed by atoms with van der Waals surface area (Å²) < 4.78 is 0. The van der Waals surface area contributed by atoms with Crippen LogP contribution in [-0.2, 0) is 11.3 Å². The number of hydrogen-bond donors (Lipinski definition) is 2. The Labute approximate surface area is 123 Å². The second-order valence-electron chi connectivity index (χ2n) is 4.61. The van der Waals surface area contributed by atoms with Gasteiger partial charge in [0.1, 0.15) is 0 Å². The summed E-state index contributed by atoms with van der Waals surface area (Å²) in [6, 6.07) is 16.4. The van der Waals surface area contributed by atoms with Crippen molar-refractivity contribution in [2.24, 2.45) is 5.84 Å². The fourth-order valence-electron chi connectivity index (χ4n) is 2.02. The third-order valence-electron chi connectivity index (χ3n) is 3.14. The summed E-state index contributed by atoms with van der Waals surface area (Å²) in [5.74, 6) is 4.71. The van der Waals surface area contributed by atoms with Crippen LogP contribution >= 0.6 is 0 Å². The molecule has 21 heavy (non-hydrogen) atoms. The number of nitrogen functional groups attached to an aromatic ring is 1. The minimum atomic E-state index is -0.340. The lowest BCUT2D eigenvalue weighted by Crippen LogP contribution is -2.30. The van der Waals surface area contributed by atoms with Gasteiger partial charge >= 0.3 is 0 Å². The van der Waals surface area contributed by atoms with Crippen molar-refractivity contribution >= 4 is 17.5 Å². The largest absolute Gasteiger partial charge is 0.308 e. The van der Waals surface area contributed by atoms with E-state index in [1.165, 1.54) is 6.92 Å². The molecule has 0 spiro atoms. The molecule has 2 aromatic rings. The lowest BCUT2D eigenvalue weighted by atomic mass is 10.1. The molecule has 0 saturated carbocycles. The van der Waals surface area contributed by atoms with Crippen LogP contribution in [0.3, 0.4) is 0 Å². The molecule has 0 radical (unpaired) electrons. The van der Waals surface area contributed by atoms with Gasteiger partial charge in [0.2, 0.25) is 5.91 Å². The Bertz CT molecular complexity index is 624. The maximum absolute atomic E-state index is 11.8. The molecule has 2 aromatic carbocycles. The molecule has 5 nitrogen and oxygen atoms in total. The standard InChI is InChI=1S/C16H17N3O2/c1-12(20)19(15-5-3-2-4-6-15)11-13-7-9-14(10-8-13)16(21)18-17/h2-10H,11,17H2,1H3,(H,18,21). The van der Waals surface area contributed by atoms with Crippen molar-refractivity contribution in [3.05, 3.63) is 65.7 Å². The molecule has 0 atom stereocenters. The van der Waals surface area contributed by atoms with E-state index in [1.54, 1.807) is 17.0 Å². The van der Waals surface area contributed by atoms with Crippen molar-refractivity contribution in [2.45, 2.75) is 13.5 Å². The zero-order chi connectivity index (χ0) is 15.2. The Hall–Kier alpha value is -2.66. The van der Waals surface area contributed by atoms with Crippen molar-refractivity contribution < 1.29 is 9.59 Å². The van der Waals surface area contributed by atoms with Gasteiger partial charge in [-0.15, -0.1) is 0 Å². The molecule has 0 aliphatic carbocycles. The first kappa shape index (κ1) is 14.7. The van der Waals surface area contributed by atoms with Gasteiger partial charge in [-0.1, -0.05) is 30.3 Å². The van der Waals surface area contributed by atoms with Crippen molar-refractivity contribution in [3.63, 3.8) is 0 Å². The Morgan fingerprint density at radius 2 is 1.67 bits per heavy atom. The molecular weight excluding hydrogens is 266 g/mol. The van der Waals surface area contributed by atoms with E-state index in [0.29, 0.717) is 12.1 Å². The van der Waals surface area contributed by atoms with Crippen molar-refractivity contribution in [2.75, 3.05) is 4.90 Å². The number of nitrogens with zero attached hydrogens (tertiary/aromatic N) is 1. The van der Waals surface area contributed by atoms with Crippen LogP contribution in [0.2, 0.25) is 0 Å². The van der Waals surface area contributed by atoms with E-state index in [9.17, 15) is 9.59 Å². The maximum Gasteiger partial charge on any atom is 0.265 e. The fraction of sp³-hybridized carbons (Fsp3) is 0.125. The van der Waals surface area contributed by atoms with E-state index >= 15 is 0 Å². The summed E-state index contributed by atoms with van der Waals surface area (Å²) in [6.45, 7) is 1.98. The average Bonchev–Trinajstić information content (AvgIpc) is 2.53. The summed E-state index contributed by atoms with van der Waals surface area (Å²) in [5.41, 5.74) is 4.34. The van der Waals surface area contributed by atoms with Crippen molar-refractivity contribution in [1.82, 2.24) is 5.43 Å². The van der Waals surface area contributed by atoms with Gasteiger partial charge in [0.05, 0.1) is 6.54 Å². The Morgan fingerprint density at radius 3 is 2.19 bits per heavy atom. The summed E-state index contributed by atoms with van der Waals surface area (Å²) >= 11 is 0. The highest BCUT2D eigenvalue weighted by Crippen LogP contribution is 2.17. The average molecular weight is 283 g/mol. The molecule has 2 rings (SSSR count). The third-order valence-corrected chi connectivity index (χ3v) is 3.14. The smallest absolute Gasteiger partial charge is 0.265 e. The van der Waals surface area contributed by atoms with Gasteiger partial charge in [0.25, 0.3) is 5.91 Å². The summed E-state index contributed by atoms with van der Waals surface area (Å²) in [5, 5.41) is 0. The number of carbonyl (C=O) groups is 2. The highest BCUT2D eigenvalue weighted by atomic mass is 16.2. The van der Waals surface area contributed by atoms with E-state index in [1.807, 2.05) is 42.5 Å². The van der Waals surface area contributed by atoms with E-state index in [0.717, 1.165) is 11.3 Å².